The molecule has 5 heterocycles. The summed E-state index contributed by atoms with van der Waals surface area (Å²) in [4.78, 5) is 64.8. The molecule has 0 saturated carbocycles. The molecule has 30 heteroatoms. The molecule has 6 aromatic rings. The molecule has 2 aromatic heterocycles. The maximum Gasteiger partial charge on any atom is 0.333 e. The number of fused-ring (bicyclic) bond motifs is 4. The van der Waals surface area contributed by atoms with Crippen molar-refractivity contribution in [1.29, 1.82) is 0 Å². The molecule has 3 amide bonds. The number of quaternary nitrogens is 2. The zero-order valence-corrected chi connectivity index (χ0v) is 68.2. The molecule has 0 spiro atoms. The number of aromatic nitrogens is 2. The van der Waals surface area contributed by atoms with Gasteiger partial charge in [-0.2, -0.15) is 9.13 Å². The minimum absolute atomic E-state index is 0.0813. The predicted molar refractivity (Wildman–Crippen MR) is 439 cm³/mol. The highest BCUT2D eigenvalue weighted by Gasteiger charge is 2.33. The normalized spacial score (nSPS) is 13.9. The summed E-state index contributed by atoms with van der Waals surface area (Å²) in [6.45, 7) is 15.6. The number of nitrogens with zero attached hydrogens (tertiary/aromatic N) is 13. The first kappa shape index (κ1) is 90.9. The average Bonchev–Trinajstić information content (AvgIpc) is 1.59. The van der Waals surface area contributed by atoms with Crippen LogP contribution in [0.5, 0.6) is 0 Å². The highest BCUT2D eigenvalue weighted by molar-refractivity contribution is 8.04. The van der Waals surface area contributed by atoms with Crippen molar-refractivity contribution in [1.82, 2.24) is 10.4 Å². The SMILES string of the molecule is CN1/C(=C/c2cc[n+](CCC[N+](C)(C)CCCCCC(=O)NCCOCCOCCOCCOCCOCCOCCN=[N+]=[N-])c3ccccc23)Sc2ccccc21.CN1/C(=C/c2cc[n+](CCC[N+](C)(C)CCCCCC(=O)ON3C(=O)CCC3=O)c3ccccc23)Sc2ccccc21.[N-]=[N+]=NCCOCCOCCN. The van der Waals surface area contributed by atoms with Crippen LogP contribution in [0.4, 0.5) is 11.4 Å². The van der Waals surface area contributed by atoms with Crippen molar-refractivity contribution in [3.05, 3.63) is 164 Å². The van der Waals surface area contributed by atoms with Crippen LogP contribution in [0.1, 0.15) is 88.2 Å². The fraction of sp³-hybridized carbons (Fsp3) is 0.537. The number of thioether (sulfide) groups is 2. The van der Waals surface area contributed by atoms with E-state index in [0.717, 1.165) is 93.2 Å². The standard InChI is InChI=1S/C43H64N7O7S.C33H40N4O4S.C6H14N4O2/c1-48-40-14-8-9-15-41(40)58-43(48)36-37-17-21-49(39-13-7-6-12-38(37)39)20-11-23-50(2,3)22-10-4-5-16-42(51)45-18-24-52-26-28-54-30-32-56-34-35-57-33-31-55-29-27-53-25-19-46-47-44;1-34-28-14-8-9-15-29(28)42-32(34)24-25-19-21-35(27-13-7-6-12-26(25)27)20-11-23-37(2,3)22-10-4-5-16-33(40)41-36-30(38)17-18-31(36)39;7-1-3-11-5-6-12-4-2-9-10-8/h6-9,12-15,17,21,36H,4-5,10-11,16,18-20,22-35H2,1-3H3;6-9,12-15,19,21,24H,4-5,10-11,16-18,20,22-23H2,1-3H3;1-7H2/q+1;+2;/p+1. The van der Waals surface area contributed by atoms with Gasteiger partial charge in [0.1, 0.15) is 0 Å². The fourth-order valence-electron chi connectivity index (χ4n) is 12.6. The maximum absolute atomic E-state index is 12.3. The molecule has 4 aromatic carbocycles. The number of nitrogens with one attached hydrogen (secondary N) is 1. The lowest BCUT2D eigenvalue weighted by Crippen LogP contribution is -2.44. The summed E-state index contributed by atoms with van der Waals surface area (Å²) < 4.78 is 49.4. The summed E-state index contributed by atoms with van der Waals surface area (Å²) in [5.41, 5.74) is 28.8. The summed E-state index contributed by atoms with van der Waals surface area (Å²) in [5.74, 6) is -1.31. The van der Waals surface area contributed by atoms with Crippen LogP contribution in [0.2, 0.25) is 0 Å². The number of para-hydroxylation sites is 4. The predicted octanol–water partition coefficient (Wildman–Crippen LogP) is 11.8. The third kappa shape index (κ3) is 33.4. The Morgan fingerprint density at radius 1 is 0.500 bits per heavy atom. The fourth-order valence-corrected chi connectivity index (χ4v) is 14.8. The molecule has 0 aliphatic carbocycles. The number of hydrogen-bond acceptors (Lipinski definition) is 20. The first-order chi connectivity index (χ1) is 54.5. The Morgan fingerprint density at radius 3 is 1.31 bits per heavy atom. The molecule has 608 valence electrons. The van der Waals surface area contributed by atoms with Crippen LogP contribution in [0.15, 0.2) is 152 Å². The van der Waals surface area contributed by atoms with Crippen molar-refractivity contribution in [2.24, 2.45) is 16.0 Å². The van der Waals surface area contributed by atoms with E-state index in [9.17, 15) is 19.2 Å². The first-order valence-electron chi connectivity index (χ1n) is 39.1. The van der Waals surface area contributed by atoms with Crippen LogP contribution in [-0.4, -0.2) is 238 Å². The van der Waals surface area contributed by atoms with E-state index in [1.807, 2.05) is 23.5 Å². The lowest BCUT2D eigenvalue weighted by atomic mass is 10.1. The number of aryl methyl sites for hydroxylation is 2. The summed E-state index contributed by atoms with van der Waals surface area (Å²) >= 11 is 3.64. The van der Waals surface area contributed by atoms with Crippen molar-refractivity contribution < 1.29 is 80.0 Å². The van der Waals surface area contributed by atoms with Crippen molar-refractivity contribution in [3.8, 4) is 0 Å². The number of ether oxygens (including phenoxy) is 8. The van der Waals surface area contributed by atoms with Crippen LogP contribution < -0.4 is 30.0 Å². The average molecular weight is 1590 g/mol. The molecule has 28 nitrogen and oxygen atoms in total. The second-order valence-electron chi connectivity index (χ2n) is 28.3. The number of unbranched alkanes of at least 4 members (excludes halogenated alkanes) is 4. The smallest absolute Gasteiger partial charge is 0.333 e. The van der Waals surface area contributed by atoms with Gasteiger partial charge in [0, 0.05) is 110 Å². The first-order valence-corrected chi connectivity index (χ1v) is 40.7. The Bertz CT molecular complexity index is 4010. The van der Waals surface area contributed by atoms with Gasteiger partial charge in [0.15, 0.2) is 25.5 Å². The Balaban J connectivity index is 0.000000280. The largest absolute Gasteiger partial charge is 0.379 e. The topological polar surface area (TPSA) is 304 Å². The lowest BCUT2D eigenvalue weighted by Gasteiger charge is -2.29. The summed E-state index contributed by atoms with van der Waals surface area (Å²) in [6, 6.07) is 38.9. The second kappa shape index (κ2) is 52.2. The zero-order valence-electron chi connectivity index (χ0n) is 66.6. The number of carbonyl (C=O) groups excluding carboxylic acids is 4. The molecule has 3 aliphatic rings. The van der Waals surface area contributed by atoms with E-state index >= 15 is 0 Å². The Kier molecular flexibility index (Phi) is 42.4. The van der Waals surface area contributed by atoms with E-state index in [2.05, 4.69) is 220 Å². The van der Waals surface area contributed by atoms with Gasteiger partial charge in [-0.3, -0.25) is 14.4 Å². The van der Waals surface area contributed by atoms with Gasteiger partial charge < -0.3 is 72.5 Å². The molecular weight excluding hydrogens is 1470 g/mol. The number of hydrogen-bond donors (Lipinski definition) is 2. The number of imide groups is 1. The minimum Gasteiger partial charge on any atom is -0.379 e. The van der Waals surface area contributed by atoms with Gasteiger partial charge in [0.05, 0.1) is 205 Å². The Hall–Kier alpha value is -8.26. The number of amides is 3. The summed E-state index contributed by atoms with van der Waals surface area (Å²) in [6.07, 6.45) is 17.8. The van der Waals surface area contributed by atoms with E-state index in [4.69, 9.17) is 59.5 Å². The summed E-state index contributed by atoms with van der Waals surface area (Å²) in [5, 5.41) is 15.3. The Labute approximate surface area is 669 Å². The van der Waals surface area contributed by atoms with E-state index in [0.29, 0.717) is 150 Å². The number of carbonyl (C=O) groups is 4. The second-order valence-corrected chi connectivity index (χ2v) is 30.4. The summed E-state index contributed by atoms with van der Waals surface area (Å²) in [7, 11) is 13.4. The molecule has 0 atom stereocenters. The number of rotatable bonds is 52. The van der Waals surface area contributed by atoms with E-state index in [-0.39, 0.29) is 25.2 Å². The molecular formula is C82H119N15O13S2+4. The monoisotopic (exact) mass is 1590 g/mol. The van der Waals surface area contributed by atoms with Gasteiger partial charge >= 0.3 is 5.97 Å². The molecule has 1 saturated heterocycles. The minimum atomic E-state index is -0.516. The van der Waals surface area contributed by atoms with Crippen LogP contribution in [0.3, 0.4) is 0 Å². The molecule has 112 heavy (non-hydrogen) atoms. The van der Waals surface area contributed by atoms with Gasteiger partial charge in [-0.15, -0.1) is 5.06 Å². The number of anilines is 2. The highest BCUT2D eigenvalue weighted by Crippen LogP contribution is 2.47. The van der Waals surface area contributed by atoms with Gasteiger partial charge in [-0.05, 0) is 109 Å². The van der Waals surface area contributed by atoms with Crippen LogP contribution >= 0.6 is 23.5 Å². The number of azide groups is 2. The number of pyridine rings is 2. The van der Waals surface area contributed by atoms with Crippen molar-refractivity contribution in [2.45, 2.75) is 99.9 Å². The van der Waals surface area contributed by atoms with Gasteiger partial charge in [-0.25, -0.2) is 4.79 Å². The van der Waals surface area contributed by atoms with Crippen molar-refractivity contribution in [3.63, 3.8) is 0 Å². The third-order valence-corrected chi connectivity index (χ3v) is 21.0. The Morgan fingerprint density at radius 2 is 0.884 bits per heavy atom. The van der Waals surface area contributed by atoms with E-state index < -0.39 is 17.8 Å². The number of benzene rings is 4. The van der Waals surface area contributed by atoms with Crippen LogP contribution in [0, 0.1) is 0 Å². The molecule has 1 fully saturated rings. The van der Waals surface area contributed by atoms with E-state index in [1.165, 1.54) is 64.2 Å². The molecule has 3 N–H and O–H groups in total. The van der Waals surface area contributed by atoms with Crippen molar-refractivity contribution >= 4 is 92.5 Å². The van der Waals surface area contributed by atoms with Crippen LogP contribution in [-0.2, 0) is 75.0 Å². The molecule has 0 bridgehead atoms. The van der Waals surface area contributed by atoms with Gasteiger partial charge in [0.2, 0.25) is 16.9 Å². The zero-order chi connectivity index (χ0) is 79.9. The van der Waals surface area contributed by atoms with Crippen LogP contribution in [0.25, 0.3) is 54.8 Å². The van der Waals surface area contributed by atoms with Gasteiger partial charge in [-0.1, -0.05) is 82.3 Å². The molecule has 0 unspecified atom stereocenters. The highest BCUT2D eigenvalue weighted by atomic mass is 32.2. The molecule has 9 rings (SSSR count). The van der Waals surface area contributed by atoms with Crippen molar-refractivity contribution in [2.75, 3.05) is 210 Å². The number of nitrogens with two attached hydrogens (primary N) is 1. The maximum atomic E-state index is 12.3. The molecule has 3 aliphatic heterocycles. The lowest BCUT2D eigenvalue weighted by molar-refractivity contribution is -0.892. The van der Waals surface area contributed by atoms with Gasteiger partial charge in [0.25, 0.3) is 11.8 Å². The quantitative estimate of drug-likeness (QED) is 0.00682. The molecule has 0 radical (unpaired) electrons. The number of hydroxylamine groups is 2. The third-order valence-electron chi connectivity index (χ3n) is 18.7. The van der Waals surface area contributed by atoms with E-state index in [1.54, 1.807) is 0 Å².